The zero-order valence-electron chi connectivity index (χ0n) is 11.5. The zero-order chi connectivity index (χ0) is 13.2. The summed E-state index contributed by atoms with van der Waals surface area (Å²) in [6.45, 7) is 3.04. The molecule has 3 N–H and O–H groups in total. The van der Waals surface area contributed by atoms with Crippen LogP contribution in [-0.4, -0.2) is 40.1 Å². The van der Waals surface area contributed by atoms with Crippen LogP contribution in [0.2, 0.25) is 0 Å². The van der Waals surface area contributed by atoms with Crippen molar-refractivity contribution in [3.63, 3.8) is 0 Å². The number of amides is 1. The highest BCUT2D eigenvalue weighted by Gasteiger charge is 2.35. The Bertz CT molecular complexity index is 309. The van der Waals surface area contributed by atoms with Crippen LogP contribution in [0.1, 0.15) is 58.3 Å². The van der Waals surface area contributed by atoms with E-state index in [1.807, 2.05) is 6.92 Å². The number of nitrogens with two attached hydrogens (primary N) is 1. The summed E-state index contributed by atoms with van der Waals surface area (Å²) in [7, 11) is 0. The van der Waals surface area contributed by atoms with E-state index < -0.39 is 5.60 Å². The summed E-state index contributed by atoms with van der Waals surface area (Å²) in [6.07, 6.45) is 7.56. The largest absolute Gasteiger partial charge is 0.388 e. The van der Waals surface area contributed by atoms with Crippen LogP contribution in [0.4, 0.5) is 0 Å². The fraction of sp³-hybridized carbons (Fsp3) is 0.929. The minimum absolute atomic E-state index is 0.124. The maximum atomic E-state index is 12.3. The summed E-state index contributed by atoms with van der Waals surface area (Å²) in [4.78, 5) is 14.1. The first kappa shape index (κ1) is 13.8. The molecule has 1 atom stereocenters. The Morgan fingerprint density at radius 2 is 1.89 bits per heavy atom. The van der Waals surface area contributed by atoms with Crippen molar-refractivity contribution in [2.45, 2.75) is 69.4 Å². The SMILES string of the molecule is CC1(O)CCCN(C(=O)CC2(N)CCCCC2)C1. The second-order valence-corrected chi connectivity index (χ2v) is 6.52. The molecule has 0 aromatic heterocycles. The first-order valence-electron chi connectivity index (χ1n) is 7.19. The predicted octanol–water partition coefficient (Wildman–Crippen LogP) is 1.41. The van der Waals surface area contributed by atoms with Crippen LogP contribution in [0.5, 0.6) is 0 Å². The minimum Gasteiger partial charge on any atom is -0.388 e. The van der Waals surface area contributed by atoms with Gasteiger partial charge in [0, 0.05) is 25.0 Å². The smallest absolute Gasteiger partial charge is 0.224 e. The third kappa shape index (κ3) is 3.45. The number of carbonyl (C=O) groups excluding carboxylic acids is 1. The van der Waals surface area contributed by atoms with Gasteiger partial charge < -0.3 is 15.7 Å². The van der Waals surface area contributed by atoms with E-state index in [0.29, 0.717) is 13.0 Å². The van der Waals surface area contributed by atoms with Gasteiger partial charge in [0.15, 0.2) is 0 Å². The lowest BCUT2D eigenvalue weighted by molar-refractivity contribution is -0.139. The van der Waals surface area contributed by atoms with Crippen LogP contribution in [0.25, 0.3) is 0 Å². The van der Waals surface area contributed by atoms with Crippen LogP contribution in [-0.2, 0) is 4.79 Å². The molecule has 0 aromatic carbocycles. The van der Waals surface area contributed by atoms with Crippen LogP contribution >= 0.6 is 0 Å². The number of rotatable bonds is 2. The highest BCUT2D eigenvalue weighted by atomic mass is 16.3. The Kier molecular flexibility index (Phi) is 3.97. The molecule has 1 aliphatic carbocycles. The number of piperidine rings is 1. The number of aliphatic hydroxyl groups is 1. The van der Waals surface area contributed by atoms with Gasteiger partial charge in [0.05, 0.1) is 5.60 Å². The maximum absolute atomic E-state index is 12.3. The second-order valence-electron chi connectivity index (χ2n) is 6.52. The lowest BCUT2D eigenvalue weighted by Gasteiger charge is -2.39. The fourth-order valence-electron chi connectivity index (χ4n) is 3.28. The van der Waals surface area contributed by atoms with Crippen LogP contribution in [0, 0.1) is 0 Å². The van der Waals surface area contributed by atoms with Crippen molar-refractivity contribution in [3.8, 4) is 0 Å². The van der Waals surface area contributed by atoms with Crippen molar-refractivity contribution >= 4 is 5.91 Å². The van der Waals surface area contributed by atoms with Gasteiger partial charge in [0.1, 0.15) is 0 Å². The van der Waals surface area contributed by atoms with Crippen LogP contribution in [0.15, 0.2) is 0 Å². The molecule has 0 aromatic rings. The molecule has 0 radical (unpaired) electrons. The van der Waals surface area contributed by atoms with Crippen molar-refractivity contribution in [2.24, 2.45) is 5.73 Å². The Balaban J connectivity index is 1.91. The molecule has 1 amide bonds. The average Bonchev–Trinajstić information content (AvgIpc) is 2.28. The minimum atomic E-state index is -0.720. The number of hydrogen-bond donors (Lipinski definition) is 2. The van der Waals surface area contributed by atoms with Gasteiger partial charge in [-0.3, -0.25) is 4.79 Å². The third-order valence-corrected chi connectivity index (χ3v) is 4.38. The van der Waals surface area contributed by atoms with E-state index in [2.05, 4.69) is 0 Å². The van der Waals surface area contributed by atoms with Crippen molar-refractivity contribution < 1.29 is 9.90 Å². The van der Waals surface area contributed by atoms with Gasteiger partial charge in [0.2, 0.25) is 5.91 Å². The number of β-amino-alcohol motifs (C(OH)–C–C–N with tert-alkyl or cyclic N) is 1. The van der Waals surface area contributed by atoms with Crippen molar-refractivity contribution in [1.29, 1.82) is 0 Å². The number of hydrogen-bond acceptors (Lipinski definition) is 3. The topological polar surface area (TPSA) is 66.6 Å². The van der Waals surface area contributed by atoms with Gasteiger partial charge in [-0.15, -0.1) is 0 Å². The Morgan fingerprint density at radius 1 is 1.22 bits per heavy atom. The highest BCUT2D eigenvalue weighted by Crippen LogP contribution is 2.30. The molecule has 18 heavy (non-hydrogen) atoms. The van der Waals surface area contributed by atoms with Gasteiger partial charge >= 0.3 is 0 Å². The molecule has 2 aliphatic rings. The molecule has 1 heterocycles. The molecule has 1 aliphatic heterocycles. The number of nitrogens with zero attached hydrogens (tertiary/aromatic N) is 1. The van der Waals surface area contributed by atoms with Crippen molar-refractivity contribution in [1.82, 2.24) is 4.90 Å². The highest BCUT2D eigenvalue weighted by molar-refractivity contribution is 5.77. The summed E-state index contributed by atoms with van der Waals surface area (Å²) in [5.41, 5.74) is 5.31. The quantitative estimate of drug-likeness (QED) is 0.783. The van der Waals surface area contributed by atoms with E-state index in [4.69, 9.17) is 5.73 Å². The molecule has 4 nitrogen and oxygen atoms in total. The molecule has 0 spiro atoms. The Hall–Kier alpha value is -0.610. The Labute approximate surface area is 110 Å². The monoisotopic (exact) mass is 254 g/mol. The van der Waals surface area contributed by atoms with Crippen LogP contribution < -0.4 is 5.73 Å². The van der Waals surface area contributed by atoms with Crippen molar-refractivity contribution in [2.75, 3.05) is 13.1 Å². The first-order valence-corrected chi connectivity index (χ1v) is 7.19. The predicted molar refractivity (Wildman–Crippen MR) is 71.1 cm³/mol. The van der Waals surface area contributed by atoms with E-state index in [0.717, 1.165) is 45.1 Å². The number of likely N-dealkylation sites (tertiary alicyclic amines) is 1. The van der Waals surface area contributed by atoms with Gasteiger partial charge in [-0.2, -0.15) is 0 Å². The molecule has 2 fully saturated rings. The normalized spacial score (nSPS) is 32.3. The molecule has 104 valence electrons. The summed E-state index contributed by atoms with van der Waals surface area (Å²) in [5.74, 6) is 0.124. The first-order chi connectivity index (χ1) is 8.40. The van der Waals surface area contributed by atoms with Gasteiger partial charge in [-0.1, -0.05) is 19.3 Å². The lowest BCUT2D eigenvalue weighted by Crippen LogP contribution is -2.52. The van der Waals surface area contributed by atoms with E-state index in [1.165, 1.54) is 6.42 Å². The molecular weight excluding hydrogens is 228 g/mol. The maximum Gasteiger partial charge on any atom is 0.224 e. The zero-order valence-corrected chi connectivity index (χ0v) is 11.5. The van der Waals surface area contributed by atoms with Crippen molar-refractivity contribution in [3.05, 3.63) is 0 Å². The summed E-state index contributed by atoms with van der Waals surface area (Å²) in [6, 6.07) is 0. The van der Waals surface area contributed by atoms with E-state index >= 15 is 0 Å². The number of carbonyl (C=O) groups is 1. The van der Waals surface area contributed by atoms with E-state index in [-0.39, 0.29) is 11.4 Å². The Morgan fingerprint density at radius 3 is 2.50 bits per heavy atom. The summed E-state index contributed by atoms with van der Waals surface area (Å²) >= 11 is 0. The van der Waals surface area contributed by atoms with E-state index in [1.54, 1.807) is 4.90 Å². The van der Waals surface area contributed by atoms with Gasteiger partial charge in [-0.05, 0) is 32.6 Å². The standard InChI is InChI=1S/C14H26N2O2/c1-13(18)6-5-9-16(11-13)12(17)10-14(15)7-3-2-4-8-14/h18H,2-11,15H2,1H3. The molecule has 4 heteroatoms. The third-order valence-electron chi connectivity index (χ3n) is 4.38. The molecule has 2 rings (SSSR count). The average molecular weight is 254 g/mol. The summed E-state index contributed by atoms with van der Waals surface area (Å²) < 4.78 is 0. The molecule has 1 saturated heterocycles. The molecule has 1 saturated carbocycles. The van der Waals surface area contributed by atoms with Gasteiger partial charge in [-0.25, -0.2) is 0 Å². The fourth-order valence-corrected chi connectivity index (χ4v) is 3.28. The lowest BCUT2D eigenvalue weighted by atomic mass is 9.79. The van der Waals surface area contributed by atoms with Gasteiger partial charge in [0.25, 0.3) is 0 Å². The summed E-state index contributed by atoms with van der Waals surface area (Å²) in [5, 5.41) is 10.0. The van der Waals surface area contributed by atoms with E-state index in [9.17, 15) is 9.90 Å². The molecule has 1 unspecified atom stereocenters. The van der Waals surface area contributed by atoms with Crippen LogP contribution in [0.3, 0.4) is 0 Å². The molecular formula is C14H26N2O2. The second kappa shape index (κ2) is 5.17. The molecule has 0 bridgehead atoms.